The molecular formula is C13H15F3N2O2. The smallest absolute Gasteiger partial charge is 0.352 e. The van der Waals surface area contributed by atoms with Gasteiger partial charge in [-0.15, -0.1) is 0 Å². The van der Waals surface area contributed by atoms with Gasteiger partial charge in [-0.1, -0.05) is 17.7 Å². The number of hydrogen-bond donors (Lipinski definition) is 2. The van der Waals surface area contributed by atoms with Gasteiger partial charge in [0.2, 0.25) is 0 Å². The number of nitrogens with one attached hydrogen (secondary N) is 2. The second kappa shape index (κ2) is 6.93. The van der Waals surface area contributed by atoms with Gasteiger partial charge in [0.15, 0.2) is 0 Å². The molecule has 110 valence electrons. The van der Waals surface area contributed by atoms with Crippen LogP contribution in [0.4, 0.5) is 13.2 Å². The fourth-order valence-corrected chi connectivity index (χ4v) is 1.40. The normalized spacial score (nSPS) is 11.0. The zero-order valence-electron chi connectivity index (χ0n) is 10.9. The van der Waals surface area contributed by atoms with Crippen LogP contribution in [-0.2, 0) is 4.79 Å². The minimum atomic E-state index is -4.87. The van der Waals surface area contributed by atoms with Gasteiger partial charge in [-0.3, -0.25) is 9.59 Å². The highest BCUT2D eigenvalue weighted by atomic mass is 19.4. The molecule has 0 aliphatic carbocycles. The van der Waals surface area contributed by atoms with Crippen LogP contribution in [0.2, 0.25) is 0 Å². The molecule has 0 fully saturated rings. The number of halogens is 3. The van der Waals surface area contributed by atoms with Crippen molar-refractivity contribution in [2.45, 2.75) is 19.5 Å². The first-order valence-corrected chi connectivity index (χ1v) is 6.00. The number of alkyl halides is 3. The molecule has 1 rings (SSSR count). The van der Waals surface area contributed by atoms with Crippen molar-refractivity contribution in [3.63, 3.8) is 0 Å². The molecule has 20 heavy (non-hydrogen) atoms. The Morgan fingerprint density at radius 1 is 1.05 bits per heavy atom. The predicted octanol–water partition coefficient (Wildman–Crippen LogP) is 1.79. The van der Waals surface area contributed by atoms with Gasteiger partial charge in [0.25, 0.3) is 5.91 Å². The molecule has 0 aliphatic rings. The van der Waals surface area contributed by atoms with Crippen LogP contribution in [0.3, 0.4) is 0 Å². The molecule has 0 saturated heterocycles. The van der Waals surface area contributed by atoms with E-state index in [2.05, 4.69) is 5.32 Å². The van der Waals surface area contributed by atoms with E-state index in [4.69, 9.17) is 0 Å². The fourth-order valence-electron chi connectivity index (χ4n) is 1.40. The van der Waals surface area contributed by atoms with Crippen LogP contribution in [0.5, 0.6) is 0 Å². The lowest BCUT2D eigenvalue weighted by atomic mass is 10.1. The van der Waals surface area contributed by atoms with E-state index in [0.29, 0.717) is 5.56 Å². The average molecular weight is 288 g/mol. The number of hydrogen-bond acceptors (Lipinski definition) is 2. The van der Waals surface area contributed by atoms with E-state index in [1.165, 1.54) is 0 Å². The number of rotatable bonds is 5. The first-order valence-electron chi connectivity index (χ1n) is 6.00. The van der Waals surface area contributed by atoms with E-state index in [0.717, 1.165) is 5.56 Å². The number of aryl methyl sites for hydroxylation is 1. The minimum Gasteiger partial charge on any atom is -0.352 e. The molecule has 2 N–H and O–H groups in total. The molecule has 0 aliphatic heterocycles. The molecular weight excluding hydrogens is 273 g/mol. The summed E-state index contributed by atoms with van der Waals surface area (Å²) in [6.45, 7) is 1.93. The molecule has 2 amide bonds. The molecule has 0 heterocycles. The first-order chi connectivity index (χ1) is 9.30. The van der Waals surface area contributed by atoms with Gasteiger partial charge in [-0.05, 0) is 25.5 Å². The molecule has 0 spiro atoms. The summed E-state index contributed by atoms with van der Waals surface area (Å²) >= 11 is 0. The molecule has 0 bridgehead atoms. The number of amides is 2. The van der Waals surface area contributed by atoms with Gasteiger partial charge in [0.1, 0.15) is 0 Å². The SMILES string of the molecule is Cc1ccc(C(=O)NCCCNC(=O)C(F)(F)F)cc1. The Kier molecular flexibility index (Phi) is 5.54. The van der Waals surface area contributed by atoms with E-state index < -0.39 is 12.1 Å². The lowest BCUT2D eigenvalue weighted by Gasteiger charge is -2.08. The van der Waals surface area contributed by atoms with Crippen molar-refractivity contribution in [3.05, 3.63) is 35.4 Å². The number of carbonyl (C=O) groups excluding carboxylic acids is 2. The first kappa shape index (κ1) is 16.0. The average Bonchev–Trinajstić information content (AvgIpc) is 2.37. The highest BCUT2D eigenvalue weighted by molar-refractivity contribution is 5.94. The highest BCUT2D eigenvalue weighted by Gasteiger charge is 2.38. The summed E-state index contributed by atoms with van der Waals surface area (Å²) in [5.41, 5.74) is 1.51. The molecule has 4 nitrogen and oxygen atoms in total. The topological polar surface area (TPSA) is 58.2 Å². The van der Waals surface area contributed by atoms with Crippen molar-refractivity contribution >= 4 is 11.8 Å². The van der Waals surface area contributed by atoms with Crippen molar-refractivity contribution in [1.29, 1.82) is 0 Å². The van der Waals surface area contributed by atoms with Crippen LogP contribution in [-0.4, -0.2) is 31.1 Å². The molecule has 0 saturated carbocycles. The second-order valence-electron chi connectivity index (χ2n) is 4.23. The Balaban J connectivity index is 2.23. The van der Waals surface area contributed by atoms with Crippen LogP contribution >= 0.6 is 0 Å². The maximum Gasteiger partial charge on any atom is 0.471 e. The van der Waals surface area contributed by atoms with Crippen LogP contribution in [0.15, 0.2) is 24.3 Å². The van der Waals surface area contributed by atoms with Crippen molar-refractivity contribution in [3.8, 4) is 0 Å². The van der Waals surface area contributed by atoms with Gasteiger partial charge in [-0.2, -0.15) is 13.2 Å². The predicted molar refractivity (Wildman–Crippen MR) is 67.2 cm³/mol. The van der Waals surface area contributed by atoms with Gasteiger partial charge >= 0.3 is 12.1 Å². The van der Waals surface area contributed by atoms with E-state index in [1.807, 2.05) is 6.92 Å². The van der Waals surface area contributed by atoms with E-state index >= 15 is 0 Å². The van der Waals surface area contributed by atoms with Crippen molar-refractivity contribution in [1.82, 2.24) is 10.6 Å². The molecule has 0 atom stereocenters. The fraction of sp³-hybridized carbons (Fsp3) is 0.385. The summed E-state index contributed by atoms with van der Waals surface area (Å²) in [6, 6.07) is 6.91. The van der Waals surface area contributed by atoms with Crippen molar-refractivity contribution < 1.29 is 22.8 Å². The quantitative estimate of drug-likeness (QED) is 0.812. The summed E-state index contributed by atoms with van der Waals surface area (Å²) in [7, 11) is 0. The molecule has 0 unspecified atom stereocenters. The number of benzene rings is 1. The Labute approximate surface area is 114 Å². The standard InChI is InChI=1S/C13H15F3N2O2/c1-9-3-5-10(6-4-9)11(19)17-7-2-8-18-12(20)13(14,15)16/h3-6H,2,7-8H2,1H3,(H,17,19)(H,18,20). The second-order valence-corrected chi connectivity index (χ2v) is 4.23. The van der Waals surface area contributed by atoms with Crippen LogP contribution in [0, 0.1) is 6.92 Å². The van der Waals surface area contributed by atoms with Crippen LogP contribution in [0.1, 0.15) is 22.3 Å². The molecule has 1 aromatic rings. The summed E-state index contributed by atoms with van der Waals surface area (Å²) < 4.78 is 35.6. The molecule has 1 aromatic carbocycles. The third kappa shape index (κ3) is 5.29. The van der Waals surface area contributed by atoms with Gasteiger partial charge in [0, 0.05) is 18.7 Å². The third-order valence-electron chi connectivity index (χ3n) is 2.50. The lowest BCUT2D eigenvalue weighted by molar-refractivity contribution is -0.173. The largest absolute Gasteiger partial charge is 0.471 e. The lowest BCUT2D eigenvalue weighted by Crippen LogP contribution is -2.38. The van der Waals surface area contributed by atoms with Gasteiger partial charge in [0.05, 0.1) is 0 Å². The minimum absolute atomic E-state index is 0.146. The Morgan fingerprint density at radius 2 is 1.60 bits per heavy atom. The molecule has 0 radical (unpaired) electrons. The summed E-state index contributed by atoms with van der Waals surface area (Å²) in [4.78, 5) is 22.1. The zero-order chi connectivity index (χ0) is 15.2. The maximum atomic E-state index is 11.9. The monoisotopic (exact) mass is 288 g/mol. The summed E-state index contributed by atoms with van der Waals surface area (Å²) in [5.74, 6) is -2.27. The van der Waals surface area contributed by atoms with Crippen molar-refractivity contribution in [2.75, 3.05) is 13.1 Å². The van der Waals surface area contributed by atoms with Gasteiger partial charge < -0.3 is 10.6 Å². The van der Waals surface area contributed by atoms with Gasteiger partial charge in [-0.25, -0.2) is 0 Å². The zero-order valence-corrected chi connectivity index (χ0v) is 10.9. The Hall–Kier alpha value is -2.05. The molecule has 0 aromatic heterocycles. The van der Waals surface area contributed by atoms with E-state index in [9.17, 15) is 22.8 Å². The van der Waals surface area contributed by atoms with E-state index in [1.54, 1.807) is 29.6 Å². The van der Waals surface area contributed by atoms with Crippen LogP contribution in [0.25, 0.3) is 0 Å². The molecule has 7 heteroatoms. The summed E-state index contributed by atoms with van der Waals surface area (Å²) in [5, 5.41) is 4.29. The third-order valence-corrected chi connectivity index (χ3v) is 2.50. The Bertz CT molecular complexity index is 469. The van der Waals surface area contributed by atoms with Crippen molar-refractivity contribution in [2.24, 2.45) is 0 Å². The highest BCUT2D eigenvalue weighted by Crippen LogP contribution is 2.13. The Morgan fingerprint density at radius 3 is 2.15 bits per heavy atom. The maximum absolute atomic E-state index is 11.9. The summed E-state index contributed by atoms with van der Waals surface area (Å²) in [6.07, 6.45) is -4.65. The van der Waals surface area contributed by atoms with Crippen LogP contribution < -0.4 is 10.6 Å². The van der Waals surface area contributed by atoms with E-state index in [-0.39, 0.29) is 25.4 Å². The number of carbonyl (C=O) groups is 2.